The highest BCUT2D eigenvalue weighted by Crippen LogP contribution is 2.34. The third-order valence-electron chi connectivity index (χ3n) is 4.06. The summed E-state index contributed by atoms with van der Waals surface area (Å²) in [7, 11) is 1.61. The van der Waals surface area contributed by atoms with Gasteiger partial charge in [-0.05, 0) is 24.6 Å². The first-order valence-electron chi connectivity index (χ1n) is 7.58. The van der Waals surface area contributed by atoms with Gasteiger partial charge in [-0.1, -0.05) is 0 Å². The number of nitrogens with one attached hydrogen (secondary N) is 1. The third-order valence-corrected chi connectivity index (χ3v) is 4.06. The first-order valence-corrected chi connectivity index (χ1v) is 7.58. The van der Waals surface area contributed by atoms with E-state index in [4.69, 9.17) is 4.74 Å². The summed E-state index contributed by atoms with van der Waals surface area (Å²) in [6, 6.07) is 5.54. The van der Waals surface area contributed by atoms with Crippen LogP contribution in [0.5, 0.6) is 5.75 Å². The van der Waals surface area contributed by atoms with E-state index in [1.165, 1.54) is 0 Å². The van der Waals surface area contributed by atoms with Crippen LogP contribution < -0.4 is 10.1 Å². The van der Waals surface area contributed by atoms with Crippen molar-refractivity contribution in [2.45, 2.75) is 12.6 Å². The molecule has 0 spiro atoms. The van der Waals surface area contributed by atoms with Crippen molar-refractivity contribution >= 4 is 17.4 Å². The number of methoxy groups -OCH3 is 1. The SMILES string of the molecule is COc1ccncc1-c1ccc2nc(NC(=O)C3CC3F)cn2c1. The van der Waals surface area contributed by atoms with Crippen LogP contribution in [-0.2, 0) is 4.79 Å². The number of anilines is 1. The molecule has 1 N–H and O–H groups in total. The molecule has 3 heterocycles. The number of aromatic nitrogens is 3. The van der Waals surface area contributed by atoms with Gasteiger partial charge in [-0.3, -0.25) is 9.78 Å². The highest BCUT2D eigenvalue weighted by atomic mass is 19.1. The molecule has 0 radical (unpaired) electrons. The molecule has 4 rings (SSSR count). The van der Waals surface area contributed by atoms with Crippen molar-refractivity contribution in [1.82, 2.24) is 14.4 Å². The highest BCUT2D eigenvalue weighted by Gasteiger charge is 2.43. The minimum atomic E-state index is -1.02. The van der Waals surface area contributed by atoms with Crippen LogP contribution >= 0.6 is 0 Å². The van der Waals surface area contributed by atoms with Crippen molar-refractivity contribution < 1.29 is 13.9 Å². The molecule has 0 aliphatic heterocycles. The summed E-state index contributed by atoms with van der Waals surface area (Å²) in [6.45, 7) is 0. The van der Waals surface area contributed by atoms with Gasteiger partial charge in [0.05, 0.1) is 19.2 Å². The highest BCUT2D eigenvalue weighted by molar-refractivity contribution is 5.94. The molecule has 122 valence electrons. The fraction of sp³-hybridized carbons (Fsp3) is 0.235. The second-order valence-electron chi connectivity index (χ2n) is 5.73. The third kappa shape index (κ3) is 2.58. The number of rotatable bonds is 4. The van der Waals surface area contributed by atoms with E-state index in [1.54, 1.807) is 36.2 Å². The van der Waals surface area contributed by atoms with E-state index in [1.807, 2.05) is 18.3 Å². The molecular formula is C17H15FN4O2. The molecular weight excluding hydrogens is 311 g/mol. The van der Waals surface area contributed by atoms with Gasteiger partial charge >= 0.3 is 0 Å². The zero-order chi connectivity index (χ0) is 16.7. The van der Waals surface area contributed by atoms with E-state index in [-0.39, 0.29) is 5.91 Å². The Kier molecular flexibility index (Phi) is 3.41. The molecule has 2 atom stereocenters. The Morgan fingerprint density at radius 2 is 2.21 bits per heavy atom. The van der Waals surface area contributed by atoms with Crippen LogP contribution in [0.1, 0.15) is 6.42 Å². The molecule has 3 aromatic rings. The molecule has 3 aromatic heterocycles. The number of halogens is 1. The van der Waals surface area contributed by atoms with Gasteiger partial charge in [0.1, 0.15) is 17.6 Å². The van der Waals surface area contributed by atoms with Crippen molar-refractivity contribution in [3.05, 3.63) is 43.0 Å². The monoisotopic (exact) mass is 326 g/mol. The average Bonchev–Trinajstić information content (AvgIpc) is 3.20. The number of amides is 1. The summed E-state index contributed by atoms with van der Waals surface area (Å²) in [5, 5.41) is 2.66. The number of hydrogen-bond acceptors (Lipinski definition) is 4. The maximum absolute atomic E-state index is 12.9. The zero-order valence-corrected chi connectivity index (χ0v) is 12.9. The number of pyridine rings is 2. The summed E-state index contributed by atoms with van der Waals surface area (Å²) in [6.07, 6.45) is 6.26. The molecule has 1 saturated carbocycles. The van der Waals surface area contributed by atoms with E-state index in [0.29, 0.717) is 17.9 Å². The van der Waals surface area contributed by atoms with Gasteiger partial charge in [0.25, 0.3) is 0 Å². The number of fused-ring (bicyclic) bond motifs is 1. The van der Waals surface area contributed by atoms with Crippen LogP contribution in [0.25, 0.3) is 16.8 Å². The Hall–Kier alpha value is -2.96. The van der Waals surface area contributed by atoms with Gasteiger partial charge in [-0.2, -0.15) is 0 Å². The van der Waals surface area contributed by atoms with Crippen LogP contribution in [0.3, 0.4) is 0 Å². The number of imidazole rings is 1. The molecule has 1 aliphatic rings. The number of alkyl halides is 1. The van der Waals surface area contributed by atoms with Gasteiger partial charge in [-0.15, -0.1) is 0 Å². The lowest BCUT2D eigenvalue weighted by Gasteiger charge is -2.07. The molecule has 24 heavy (non-hydrogen) atoms. The lowest BCUT2D eigenvalue weighted by Crippen LogP contribution is -2.15. The van der Waals surface area contributed by atoms with Crippen LogP contribution in [0.4, 0.5) is 10.2 Å². The molecule has 0 saturated heterocycles. The molecule has 6 nitrogen and oxygen atoms in total. The largest absolute Gasteiger partial charge is 0.496 e. The minimum absolute atomic E-state index is 0.296. The van der Waals surface area contributed by atoms with Crippen LogP contribution in [0.15, 0.2) is 43.0 Å². The van der Waals surface area contributed by atoms with Crippen molar-refractivity contribution in [3.8, 4) is 16.9 Å². The molecule has 0 aromatic carbocycles. The summed E-state index contributed by atoms with van der Waals surface area (Å²) in [5.74, 6) is 0.278. The van der Waals surface area contributed by atoms with Crippen molar-refractivity contribution in [2.75, 3.05) is 12.4 Å². The van der Waals surface area contributed by atoms with Crippen LogP contribution in [0.2, 0.25) is 0 Å². The predicted molar refractivity (Wildman–Crippen MR) is 86.6 cm³/mol. The smallest absolute Gasteiger partial charge is 0.231 e. The molecule has 0 bridgehead atoms. The number of carbonyl (C=O) groups excluding carboxylic acids is 1. The quantitative estimate of drug-likeness (QED) is 0.800. The summed E-state index contributed by atoms with van der Waals surface area (Å²) < 4.78 is 20.1. The van der Waals surface area contributed by atoms with E-state index >= 15 is 0 Å². The predicted octanol–water partition coefficient (Wildman–Crippen LogP) is 2.70. The van der Waals surface area contributed by atoms with Gasteiger partial charge in [0.2, 0.25) is 5.91 Å². The molecule has 2 unspecified atom stereocenters. The zero-order valence-electron chi connectivity index (χ0n) is 12.9. The van der Waals surface area contributed by atoms with E-state index in [0.717, 1.165) is 16.9 Å². The molecule has 1 fully saturated rings. The Morgan fingerprint density at radius 3 is 2.96 bits per heavy atom. The number of carbonyl (C=O) groups is 1. The second kappa shape index (κ2) is 5.59. The Labute approximate surface area is 137 Å². The summed E-state index contributed by atoms with van der Waals surface area (Å²) in [4.78, 5) is 20.3. The molecule has 1 aliphatic carbocycles. The minimum Gasteiger partial charge on any atom is -0.496 e. The van der Waals surface area contributed by atoms with Gasteiger partial charge in [0, 0.05) is 29.7 Å². The lowest BCUT2D eigenvalue weighted by atomic mass is 10.1. The van der Waals surface area contributed by atoms with Crippen LogP contribution in [0, 0.1) is 5.92 Å². The van der Waals surface area contributed by atoms with Gasteiger partial charge in [0.15, 0.2) is 5.82 Å². The topological polar surface area (TPSA) is 68.5 Å². The van der Waals surface area contributed by atoms with Gasteiger partial charge in [-0.25, -0.2) is 9.37 Å². The Morgan fingerprint density at radius 1 is 1.38 bits per heavy atom. The van der Waals surface area contributed by atoms with E-state index < -0.39 is 12.1 Å². The van der Waals surface area contributed by atoms with Crippen molar-refractivity contribution in [1.29, 1.82) is 0 Å². The standard InChI is InChI=1S/C17H15FN4O2/c1-24-14-4-5-19-7-12(14)10-2-3-16-20-15(9-22(16)8-10)21-17(23)11-6-13(11)18/h2-5,7-9,11,13H,6H2,1H3,(H,21,23). The van der Waals surface area contributed by atoms with Crippen molar-refractivity contribution in [3.63, 3.8) is 0 Å². The lowest BCUT2D eigenvalue weighted by molar-refractivity contribution is -0.117. The average molecular weight is 326 g/mol. The first-order chi connectivity index (χ1) is 11.7. The summed E-state index contributed by atoms with van der Waals surface area (Å²) >= 11 is 0. The molecule has 7 heteroatoms. The number of ether oxygens (including phenoxy) is 1. The van der Waals surface area contributed by atoms with Crippen LogP contribution in [-0.4, -0.2) is 33.6 Å². The summed E-state index contributed by atoms with van der Waals surface area (Å²) in [5.41, 5.74) is 2.46. The fourth-order valence-corrected chi connectivity index (χ4v) is 2.64. The second-order valence-corrected chi connectivity index (χ2v) is 5.73. The van der Waals surface area contributed by atoms with Gasteiger partial charge < -0.3 is 14.5 Å². The first kappa shape index (κ1) is 14.6. The maximum Gasteiger partial charge on any atom is 0.231 e. The molecule has 1 amide bonds. The number of nitrogens with zero attached hydrogens (tertiary/aromatic N) is 3. The Bertz CT molecular complexity index is 924. The normalized spacial score (nSPS) is 19.2. The van der Waals surface area contributed by atoms with E-state index in [9.17, 15) is 9.18 Å². The van der Waals surface area contributed by atoms with Crippen molar-refractivity contribution in [2.24, 2.45) is 5.92 Å². The fourth-order valence-electron chi connectivity index (χ4n) is 2.64. The number of hydrogen-bond donors (Lipinski definition) is 1. The maximum atomic E-state index is 12.9. The Balaban J connectivity index is 1.65. The van der Waals surface area contributed by atoms with E-state index in [2.05, 4.69) is 15.3 Å².